The quantitative estimate of drug-likeness (QED) is 0.642. The highest BCUT2D eigenvalue weighted by Crippen LogP contribution is 2.20. The van der Waals surface area contributed by atoms with Crippen LogP contribution in [0.3, 0.4) is 0 Å². The van der Waals surface area contributed by atoms with E-state index in [2.05, 4.69) is 34.1 Å². The molecule has 0 aliphatic carbocycles. The van der Waals surface area contributed by atoms with Crippen LogP contribution in [-0.2, 0) is 4.79 Å². The number of hydrogen-bond donors (Lipinski definition) is 1. The van der Waals surface area contributed by atoms with E-state index in [4.69, 9.17) is 0 Å². The average molecular weight is 281 g/mol. The molecule has 102 valence electrons. The molecule has 2 heterocycles. The second kappa shape index (κ2) is 5.79. The van der Waals surface area contributed by atoms with Crippen molar-refractivity contribution in [1.29, 1.82) is 0 Å². The van der Waals surface area contributed by atoms with Crippen LogP contribution in [0.15, 0.2) is 11.3 Å². The minimum absolute atomic E-state index is 0.0307. The third-order valence-electron chi connectivity index (χ3n) is 2.64. The summed E-state index contributed by atoms with van der Waals surface area (Å²) in [6.45, 7) is 5.89. The molecule has 19 heavy (non-hydrogen) atoms. The molecule has 0 aromatic carbocycles. The van der Waals surface area contributed by atoms with Crippen molar-refractivity contribution in [2.75, 3.05) is 24.5 Å². The molecule has 2 rings (SSSR count). The summed E-state index contributed by atoms with van der Waals surface area (Å²) in [6.07, 6.45) is 3.25. The molecule has 1 N–H and O–H groups in total. The monoisotopic (exact) mass is 281 g/mol. The third kappa shape index (κ3) is 3.08. The summed E-state index contributed by atoms with van der Waals surface area (Å²) in [6, 6.07) is -0.491. The summed E-state index contributed by atoms with van der Waals surface area (Å²) in [5.74, 6) is -0.338. The first-order valence-corrected chi connectivity index (χ1v) is 6.81. The number of hydrogen-bond acceptors (Lipinski definition) is 6. The fourth-order valence-electron chi connectivity index (χ4n) is 1.63. The first-order chi connectivity index (χ1) is 9.13. The molecule has 0 unspecified atom stereocenters. The Kier molecular flexibility index (Phi) is 4.10. The molecule has 1 aliphatic heterocycles. The summed E-state index contributed by atoms with van der Waals surface area (Å²) < 4.78 is 0. The summed E-state index contributed by atoms with van der Waals surface area (Å²) in [4.78, 5) is 29.5. The molecule has 1 aromatic rings. The molecular formula is C11H15N5O2S. The Hall–Kier alpha value is -1.96. The van der Waals surface area contributed by atoms with Crippen molar-refractivity contribution >= 4 is 34.6 Å². The Labute approximate surface area is 114 Å². The van der Waals surface area contributed by atoms with E-state index in [9.17, 15) is 9.59 Å². The van der Waals surface area contributed by atoms with Crippen LogP contribution in [0.25, 0.3) is 0 Å². The van der Waals surface area contributed by atoms with Crippen molar-refractivity contribution in [2.24, 2.45) is 5.10 Å². The topological polar surface area (TPSA) is 77.9 Å². The lowest BCUT2D eigenvalue weighted by Gasteiger charge is -2.16. The number of hydrazone groups is 1. The summed E-state index contributed by atoms with van der Waals surface area (Å²) in [5, 5.41) is 8.16. The molecule has 7 nitrogen and oxygen atoms in total. The third-order valence-corrected chi connectivity index (χ3v) is 3.64. The number of nitrogens with one attached hydrogen (secondary N) is 1. The first-order valence-electron chi connectivity index (χ1n) is 6.00. The highest BCUT2D eigenvalue weighted by Gasteiger charge is 2.25. The summed E-state index contributed by atoms with van der Waals surface area (Å²) in [7, 11) is 0. The first kappa shape index (κ1) is 13.5. The highest BCUT2D eigenvalue weighted by atomic mass is 32.1. The van der Waals surface area contributed by atoms with E-state index >= 15 is 0 Å². The molecule has 1 aliphatic rings. The van der Waals surface area contributed by atoms with E-state index in [0.29, 0.717) is 0 Å². The number of urea groups is 1. The molecule has 1 fully saturated rings. The van der Waals surface area contributed by atoms with E-state index in [-0.39, 0.29) is 12.5 Å². The molecule has 0 spiro atoms. The SMILES string of the molecule is CCN(CC)c1ncc(/C=N\N2CC(=O)NC2=O)s1. The van der Waals surface area contributed by atoms with Gasteiger partial charge in [0.05, 0.1) is 11.1 Å². The molecule has 0 atom stereocenters. The Morgan fingerprint density at radius 3 is 2.84 bits per heavy atom. The van der Waals surface area contributed by atoms with Gasteiger partial charge in [-0.15, -0.1) is 0 Å². The minimum Gasteiger partial charge on any atom is -0.349 e. The van der Waals surface area contributed by atoms with Gasteiger partial charge in [-0.2, -0.15) is 5.10 Å². The lowest BCUT2D eigenvalue weighted by molar-refractivity contribution is -0.118. The summed E-state index contributed by atoms with van der Waals surface area (Å²) in [5.41, 5.74) is 0. The lowest BCUT2D eigenvalue weighted by atomic mass is 10.6. The maximum atomic E-state index is 11.3. The van der Waals surface area contributed by atoms with E-state index in [1.165, 1.54) is 11.3 Å². The van der Waals surface area contributed by atoms with Gasteiger partial charge in [-0.1, -0.05) is 11.3 Å². The molecule has 1 saturated heterocycles. The van der Waals surface area contributed by atoms with Gasteiger partial charge in [-0.25, -0.2) is 14.8 Å². The van der Waals surface area contributed by atoms with Crippen LogP contribution in [0.2, 0.25) is 0 Å². The second-order valence-electron chi connectivity index (χ2n) is 3.87. The van der Waals surface area contributed by atoms with Crippen LogP contribution in [-0.4, -0.2) is 47.8 Å². The van der Waals surface area contributed by atoms with Crippen molar-refractivity contribution in [2.45, 2.75) is 13.8 Å². The van der Waals surface area contributed by atoms with E-state index in [0.717, 1.165) is 28.1 Å². The highest BCUT2D eigenvalue weighted by molar-refractivity contribution is 7.17. The lowest BCUT2D eigenvalue weighted by Crippen LogP contribution is -2.24. The minimum atomic E-state index is -0.491. The number of carbonyl (C=O) groups excluding carboxylic acids is 2. The van der Waals surface area contributed by atoms with Crippen molar-refractivity contribution < 1.29 is 9.59 Å². The zero-order chi connectivity index (χ0) is 13.8. The van der Waals surface area contributed by atoms with Crippen LogP contribution in [0.5, 0.6) is 0 Å². The molecule has 1 aromatic heterocycles. The van der Waals surface area contributed by atoms with Crippen molar-refractivity contribution in [1.82, 2.24) is 15.3 Å². The smallest absolute Gasteiger partial charge is 0.344 e. The van der Waals surface area contributed by atoms with Crippen LogP contribution >= 0.6 is 11.3 Å². The van der Waals surface area contributed by atoms with E-state index in [1.807, 2.05) is 0 Å². The fraction of sp³-hybridized carbons (Fsp3) is 0.455. The van der Waals surface area contributed by atoms with Gasteiger partial charge in [0.2, 0.25) is 5.91 Å². The van der Waals surface area contributed by atoms with E-state index in [1.54, 1.807) is 12.4 Å². The molecular weight excluding hydrogens is 266 g/mol. The maximum absolute atomic E-state index is 11.3. The Balaban J connectivity index is 2.03. The fourth-order valence-corrected chi connectivity index (χ4v) is 2.54. The maximum Gasteiger partial charge on any atom is 0.344 e. The number of thiazole rings is 1. The Bertz CT molecular complexity index is 509. The normalized spacial score (nSPS) is 15.4. The Morgan fingerprint density at radius 1 is 1.53 bits per heavy atom. The largest absolute Gasteiger partial charge is 0.349 e. The standard InChI is InChI=1S/C11H15N5O2S/c1-3-15(4-2)11-12-5-8(19-11)6-13-16-7-9(17)14-10(16)18/h5-6H,3-4,7H2,1-2H3,(H,14,17,18)/b13-6-. The summed E-state index contributed by atoms with van der Waals surface area (Å²) >= 11 is 1.50. The number of amides is 3. The van der Waals surface area contributed by atoms with Gasteiger partial charge in [-0.05, 0) is 13.8 Å². The molecule has 0 radical (unpaired) electrons. The van der Waals surface area contributed by atoms with Gasteiger partial charge >= 0.3 is 6.03 Å². The number of carbonyl (C=O) groups is 2. The predicted octanol–water partition coefficient (Wildman–Crippen LogP) is 0.875. The molecule has 8 heteroatoms. The predicted molar refractivity (Wildman–Crippen MR) is 73.5 cm³/mol. The van der Waals surface area contributed by atoms with Gasteiger partial charge in [0.25, 0.3) is 0 Å². The van der Waals surface area contributed by atoms with E-state index < -0.39 is 6.03 Å². The zero-order valence-electron chi connectivity index (χ0n) is 10.8. The van der Waals surface area contributed by atoms with Gasteiger partial charge < -0.3 is 4.90 Å². The van der Waals surface area contributed by atoms with Crippen LogP contribution in [0.4, 0.5) is 9.93 Å². The van der Waals surface area contributed by atoms with Gasteiger partial charge in [0, 0.05) is 19.3 Å². The number of nitrogens with zero attached hydrogens (tertiary/aromatic N) is 4. The average Bonchev–Trinajstić information content (AvgIpc) is 2.96. The van der Waals surface area contributed by atoms with Crippen molar-refractivity contribution in [3.63, 3.8) is 0 Å². The van der Waals surface area contributed by atoms with Crippen molar-refractivity contribution in [3.8, 4) is 0 Å². The van der Waals surface area contributed by atoms with Gasteiger partial charge in [-0.3, -0.25) is 10.1 Å². The molecule has 0 bridgehead atoms. The number of aromatic nitrogens is 1. The van der Waals surface area contributed by atoms with Crippen LogP contribution in [0, 0.1) is 0 Å². The number of imide groups is 1. The molecule has 0 saturated carbocycles. The van der Waals surface area contributed by atoms with Crippen molar-refractivity contribution in [3.05, 3.63) is 11.1 Å². The zero-order valence-corrected chi connectivity index (χ0v) is 11.6. The van der Waals surface area contributed by atoms with Gasteiger partial charge in [0.15, 0.2) is 5.13 Å². The number of rotatable bonds is 5. The van der Waals surface area contributed by atoms with Gasteiger partial charge in [0.1, 0.15) is 6.54 Å². The Morgan fingerprint density at radius 2 is 2.26 bits per heavy atom. The van der Waals surface area contributed by atoms with Crippen LogP contribution in [0.1, 0.15) is 18.7 Å². The van der Waals surface area contributed by atoms with Crippen LogP contribution < -0.4 is 10.2 Å². The molecule has 3 amide bonds. The second-order valence-corrected chi connectivity index (χ2v) is 4.91. The number of anilines is 1.